The maximum absolute atomic E-state index is 10.9. The van der Waals surface area contributed by atoms with Gasteiger partial charge in [0.25, 0.3) is 0 Å². The Kier molecular flexibility index (Phi) is 1.78. The predicted octanol–water partition coefficient (Wildman–Crippen LogP) is 1.52. The molecule has 1 aliphatic carbocycles. The van der Waals surface area contributed by atoms with Gasteiger partial charge in [-0.3, -0.25) is 4.79 Å². The van der Waals surface area contributed by atoms with E-state index in [1.165, 1.54) is 0 Å². The van der Waals surface area contributed by atoms with E-state index in [0.717, 1.165) is 5.56 Å². The Morgan fingerprint density at radius 3 is 2.64 bits per heavy atom. The number of hydrogen-bond donors (Lipinski definition) is 1. The molecule has 0 aliphatic heterocycles. The quantitative estimate of drug-likeness (QED) is 0.725. The van der Waals surface area contributed by atoms with Gasteiger partial charge >= 0.3 is 0 Å². The molecule has 0 spiro atoms. The summed E-state index contributed by atoms with van der Waals surface area (Å²) in [5.41, 5.74) is 0.0510. The number of nitrogens with zero attached hydrogens (tertiary/aromatic N) is 1. The van der Waals surface area contributed by atoms with Crippen LogP contribution in [0.5, 0.6) is 5.75 Å². The SMILES string of the molecule is N#CC1(c2cccc(O)c2)CC(=O)C1. The lowest BCUT2D eigenvalue weighted by Crippen LogP contribution is -2.40. The number of nitriles is 1. The third-order valence-corrected chi connectivity index (χ3v) is 2.61. The molecule has 0 unspecified atom stereocenters. The van der Waals surface area contributed by atoms with Gasteiger partial charge in [0.2, 0.25) is 0 Å². The third kappa shape index (κ3) is 1.16. The fraction of sp³-hybridized carbons (Fsp3) is 0.273. The van der Waals surface area contributed by atoms with E-state index in [-0.39, 0.29) is 24.4 Å². The van der Waals surface area contributed by atoms with Gasteiger partial charge < -0.3 is 5.11 Å². The average Bonchev–Trinajstić information content (AvgIpc) is 2.12. The molecular weight excluding hydrogens is 178 g/mol. The maximum atomic E-state index is 10.9. The highest BCUT2D eigenvalue weighted by Gasteiger charge is 2.45. The molecule has 14 heavy (non-hydrogen) atoms. The van der Waals surface area contributed by atoms with Crippen molar-refractivity contribution in [2.75, 3.05) is 0 Å². The molecule has 0 radical (unpaired) electrons. The van der Waals surface area contributed by atoms with E-state index in [1.807, 2.05) is 0 Å². The minimum Gasteiger partial charge on any atom is -0.508 e. The van der Waals surface area contributed by atoms with E-state index < -0.39 is 5.41 Å². The standard InChI is InChI=1S/C11H9NO2/c12-7-11(5-10(14)6-11)8-2-1-3-9(13)4-8/h1-4,13H,5-6H2. The molecule has 2 rings (SSSR count). The fourth-order valence-corrected chi connectivity index (χ4v) is 1.77. The van der Waals surface area contributed by atoms with Crippen LogP contribution in [-0.4, -0.2) is 10.9 Å². The summed E-state index contributed by atoms with van der Waals surface area (Å²) < 4.78 is 0. The zero-order valence-electron chi connectivity index (χ0n) is 7.53. The topological polar surface area (TPSA) is 61.1 Å². The number of rotatable bonds is 1. The zero-order chi connectivity index (χ0) is 10.2. The summed E-state index contributed by atoms with van der Waals surface area (Å²) in [4.78, 5) is 10.9. The largest absolute Gasteiger partial charge is 0.508 e. The highest BCUT2D eigenvalue weighted by molar-refractivity contribution is 5.90. The number of ketones is 1. The monoisotopic (exact) mass is 187 g/mol. The molecule has 70 valence electrons. The number of phenols is 1. The van der Waals surface area contributed by atoms with E-state index in [4.69, 9.17) is 5.26 Å². The number of benzene rings is 1. The fourth-order valence-electron chi connectivity index (χ4n) is 1.77. The van der Waals surface area contributed by atoms with Crippen molar-refractivity contribution in [2.24, 2.45) is 0 Å². The minimum absolute atomic E-state index is 0.106. The number of carbonyl (C=O) groups excluding carboxylic acids is 1. The molecular formula is C11H9NO2. The van der Waals surface area contributed by atoms with Crippen molar-refractivity contribution in [3.05, 3.63) is 29.8 Å². The Labute approximate surface area is 81.6 Å². The molecule has 0 amide bonds. The highest BCUT2D eigenvalue weighted by Crippen LogP contribution is 2.41. The summed E-state index contributed by atoms with van der Waals surface area (Å²) >= 11 is 0. The van der Waals surface area contributed by atoms with Crippen LogP contribution in [0.4, 0.5) is 0 Å². The average molecular weight is 187 g/mol. The van der Waals surface area contributed by atoms with Crippen LogP contribution in [-0.2, 0) is 10.2 Å². The van der Waals surface area contributed by atoms with Crippen LogP contribution in [0.3, 0.4) is 0 Å². The van der Waals surface area contributed by atoms with Crippen LogP contribution in [0.15, 0.2) is 24.3 Å². The summed E-state index contributed by atoms with van der Waals surface area (Å²) in [5, 5.41) is 18.3. The van der Waals surface area contributed by atoms with Crippen LogP contribution in [0, 0.1) is 11.3 Å². The third-order valence-electron chi connectivity index (χ3n) is 2.61. The van der Waals surface area contributed by atoms with Crippen molar-refractivity contribution in [1.29, 1.82) is 5.26 Å². The number of aromatic hydroxyl groups is 1. The first-order valence-corrected chi connectivity index (χ1v) is 4.39. The van der Waals surface area contributed by atoms with Crippen molar-refractivity contribution in [3.63, 3.8) is 0 Å². The predicted molar refractivity (Wildman–Crippen MR) is 49.6 cm³/mol. The molecule has 3 heteroatoms. The molecule has 3 nitrogen and oxygen atoms in total. The van der Waals surface area contributed by atoms with Gasteiger partial charge in [-0.25, -0.2) is 0 Å². The van der Waals surface area contributed by atoms with Gasteiger partial charge in [0.15, 0.2) is 0 Å². The van der Waals surface area contributed by atoms with Crippen LogP contribution >= 0.6 is 0 Å². The molecule has 1 saturated carbocycles. The molecule has 0 aromatic heterocycles. The van der Waals surface area contributed by atoms with Gasteiger partial charge in [-0.2, -0.15) is 5.26 Å². The number of carbonyl (C=O) groups is 1. The van der Waals surface area contributed by atoms with E-state index in [2.05, 4.69) is 6.07 Å². The van der Waals surface area contributed by atoms with Crippen molar-refractivity contribution < 1.29 is 9.90 Å². The van der Waals surface area contributed by atoms with Crippen molar-refractivity contribution >= 4 is 5.78 Å². The first-order valence-electron chi connectivity index (χ1n) is 4.39. The van der Waals surface area contributed by atoms with Crippen LogP contribution < -0.4 is 0 Å². The van der Waals surface area contributed by atoms with Crippen molar-refractivity contribution in [3.8, 4) is 11.8 Å². The molecule has 1 aromatic rings. The van der Waals surface area contributed by atoms with Gasteiger partial charge in [-0.15, -0.1) is 0 Å². The molecule has 1 N–H and O–H groups in total. The summed E-state index contributed by atoms with van der Waals surface area (Å²) in [6.07, 6.45) is 0.542. The summed E-state index contributed by atoms with van der Waals surface area (Å²) in [6, 6.07) is 8.72. The number of hydrogen-bond acceptors (Lipinski definition) is 3. The van der Waals surface area contributed by atoms with E-state index in [9.17, 15) is 9.90 Å². The Morgan fingerprint density at radius 2 is 2.14 bits per heavy atom. The smallest absolute Gasteiger partial charge is 0.136 e. The van der Waals surface area contributed by atoms with Gasteiger partial charge in [0.1, 0.15) is 11.5 Å². The first-order chi connectivity index (χ1) is 6.66. The van der Waals surface area contributed by atoms with Gasteiger partial charge in [-0.05, 0) is 17.7 Å². The van der Waals surface area contributed by atoms with Crippen LogP contribution in [0.25, 0.3) is 0 Å². The van der Waals surface area contributed by atoms with Gasteiger partial charge in [0, 0.05) is 12.8 Å². The second-order valence-electron chi connectivity index (χ2n) is 3.64. The Hall–Kier alpha value is -1.82. The second kappa shape index (κ2) is 2.85. The van der Waals surface area contributed by atoms with Gasteiger partial charge in [-0.1, -0.05) is 12.1 Å². The van der Waals surface area contributed by atoms with Crippen molar-refractivity contribution in [2.45, 2.75) is 18.3 Å². The van der Waals surface area contributed by atoms with E-state index >= 15 is 0 Å². The number of Topliss-reactive ketones (excluding diaryl/α,β-unsaturated/α-hetero) is 1. The lowest BCUT2D eigenvalue weighted by atomic mass is 9.65. The lowest BCUT2D eigenvalue weighted by molar-refractivity contribution is -0.126. The summed E-state index contributed by atoms with van der Waals surface area (Å²) in [6.45, 7) is 0. The van der Waals surface area contributed by atoms with Crippen LogP contribution in [0.1, 0.15) is 18.4 Å². The molecule has 1 aliphatic rings. The summed E-state index contributed by atoms with van der Waals surface area (Å²) in [7, 11) is 0. The summed E-state index contributed by atoms with van der Waals surface area (Å²) in [5.74, 6) is 0.242. The highest BCUT2D eigenvalue weighted by atomic mass is 16.3. The molecule has 0 atom stereocenters. The molecule has 1 fully saturated rings. The molecule has 1 aromatic carbocycles. The van der Waals surface area contributed by atoms with Crippen molar-refractivity contribution in [1.82, 2.24) is 0 Å². The lowest BCUT2D eigenvalue weighted by Gasteiger charge is -2.34. The maximum Gasteiger partial charge on any atom is 0.136 e. The Balaban J connectivity index is 2.39. The number of phenolic OH excluding ortho intramolecular Hbond substituents is 1. The van der Waals surface area contributed by atoms with E-state index in [0.29, 0.717) is 0 Å². The van der Waals surface area contributed by atoms with Crippen LogP contribution in [0.2, 0.25) is 0 Å². The van der Waals surface area contributed by atoms with Gasteiger partial charge in [0.05, 0.1) is 11.5 Å². The minimum atomic E-state index is -0.685. The molecule has 0 saturated heterocycles. The zero-order valence-corrected chi connectivity index (χ0v) is 7.53. The molecule has 0 bridgehead atoms. The first kappa shape index (κ1) is 8.76. The normalized spacial score (nSPS) is 18.4. The molecule has 0 heterocycles. The van der Waals surface area contributed by atoms with E-state index in [1.54, 1.807) is 24.3 Å². The second-order valence-corrected chi connectivity index (χ2v) is 3.64. The Morgan fingerprint density at radius 1 is 1.43 bits per heavy atom. The Bertz CT molecular complexity index is 423.